The number of halogens is 2. The molecule has 1 aromatic rings. The van der Waals surface area contributed by atoms with Crippen LogP contribution in [0.4, 0.5) is 5.69 Å². The van der Waals surface area contributed by atoms with Crippen LogP contribution in [0.15, 0.2) is 23.2 Å². The van der Waals surface area contributed by atoms with Gasteiger partial charge in [0.2, 0.25) is 5.91 Å². The van der Waals surface area contributed by atoms with Gasteiger partial charge in [0, 0.05) is 17.4 Å². The molecule has 0 radical (unpaired) electrons. The number of aliphatic carboxylic acids is 1. The Labute approximate surface area is 164 Å². The number of sulfone groups is 1. The number of thioether (sulfide) groups is 1. The number of anilines is 1. The molecule has 0 aromatic heterocycles. The van der Waals surface area contributed by atoms with Crippen LogP contribution in [0.25, 0.3) is 0 Å². The van der Waals surface area contributed by atoms with Crippen molar-refractivity contribution in [3.8, 4) is 0 Å². The van der Waals surface area contributed by atoms with Crippen molar-refractivity contribution in [3.63, 3.8) is 0 Å². The number of amidine groups is 1. The number of carbonyl (C=O) groups excluding carboxylic acids is 1. The summed E-state index contributed by atoms with van der Waals surface area (Å²) in [7, 11) is -3.18. The number of carboxylic acid groups (broad SMARTS) is 1. The number of hydrogen-bond donors (Lipinski definition) is 1. The zero-order chi connectivity index (χ0) is 19.1. The monoisotopic (exact) mass is 436 g/mol. The van der Waals surface area contributed by atoms with E-state index >= 15 is 0 Å². The molecule has 3 rings (SSSR count). The van der Waals surface area contributed by atoms with Crippen LogP contribution in [0, 0.1) is 0 Å². The third-order valence-electron chi connectivity index (χ3n) is 4.02. The van der Waals surface area contributed by atoms with Crippen LogP contribution < -0.4 is 4.90 Å². The Balaban J connectivity index is 1.94. The van der Waals surface area contributed by atoms with E-state index in [0.29, 0.717) is 20.9 Å². The van der Waals surface area contributed by atoms with Gasteiger partial charge in [0.25, 0.3) is 0 Å². The lowest BCUT2D eigenvalue weighted by Gasteiger charge is -2.24. The fourth-order valence-electron chi connectivity index (χ4n) is 2.88. The predicted molar refractivity (Wildman–Crippen MR) is 102 cm³/mol. The largest absolute Gasteiger partial charge is 0.481 e. The lowest BCUT2D eigenvalue weighted by Crippen LogP contribution is -2.37. The average Bonchev–Trinajstić information content (AvgIpc) is 2.99. The number of carboxylic acids is 1. The summed E-state index contributed by atoms with van der Waals surface area (Å²) in [6.07, 6.45) is -0.531. The van der Waals surface area contributed by atoms with E-state index in [0.717, 1.165) is 0 Å². The molecule has 0 bridgehead atoms. The molecular weight excluding hydrogens is 423 g/mol. The minimum absolute atomic E-state index is 0.00247. The fourth-order valence-corrected chi connectivity index (χ4v) is 7.10. The minimum atomic E-state index is -3.18. The molecular formula is C15H14Cl2N2O5S2. The van der Waals surface area contributed by atoms with E-state index in [-0.39, 0.29) is 35.6 Å². The maximum atomic E-state index is 12.0. The first-order valence-corrected chi connectivity index (χ1v) is 11.1. The maximum absolute atomic E-state index is 12.0. The highest BCUT2D eigenvalue weighted by Crippen LogP contribution is 2.42. The van der Waals surface area contributed by atoms with E-state index in [2.05, 4.69) is 4.99 Å². The number of aliphatic imine (C=N–C) groups is 1. The van der Waals surface area contributed by atoms with Gasteiger partial charge in [0.1, 0.15) is 0 Å². The molecule has 1 amide bonds. The van der Waals surface area contributed by atoms with Gasteiger partial charge in [-0.2, -0.15) is 4.99 Å². The van der Waals surface area contributed by atoms with Gasteiger partial charge < -0.3 is 10.0 Å². The number of rotatable bonds is 4. The molecule has 0 aliphatic carbocycles. The molecule has 2 aliphatic rings. The fraction of sp³-hybridized carbons (Fsp3) is 0.400. The summed E-state index contributed by atoms with van der Waals surface area (Å²) < 4.78 is 24.0. The summed E-state index contributed by atoms with van der Waals surface area (Å²) in [5.41, 5.74) is 0.585. The minimum Gasteiger partial charge on any atom is -0.481 e. The van der Waals surface area contributed by atoms with E-state index in [4.69, 9.17) is 28.3 Å². The smallest absolute Gasteiger partial charge is 0.303 e. The van der Waals surface area contributed by atoms with Gasteiger partial charge in [-0.15, -0.1) is 0 Å². The number of benzene rings is 1. The highest BCUT2D eigenvalue weighted by atomic mass is 35.5. The molecule has 2 fully saturated rings. The first-order valence-electron chi connectivity index (χ1n) is 7.61. The Morgan fingerprint density at radius 1 is 1.23 bits per heavy atom. The zero-order valence-electron chi connectivity index (χ0n) is 13.3. The molecule has 1 N–H and O–H groups in total. The Kier molecular flexibility index (Phi) is 5.53. The third-order valence-corrected chi connectivity index (χ3v) is 7.97. The van der Waals surface area contributed by atoms with Crippen molar-refractivity contribution < 1.29 is 23.1 Å². The summed E-state index contributed by atoms with van der Waals surface area (Å²) >= 11 is 13.2. The number of fused-ring (bicyclic) bond motifs is 1. The van der Waals surface area contributed by atoms with Crippen LogP contribution in [0.1, 0.15) is 12.8 Å². The molecule has 2 heterocycles. The molecule has 0 saturated carbocycles. The Morgan fingerprint density at radius 3 is 2.62 bits per heavy atom. The summed E-state index contributed by atoms with van der Waals surface area (Å²) in [5, 5.41) is 9.45. The molecule has 2 saturated heterocycles. The van der Waals surface area contributed by atoms with Crippen molar-refractivity contribution in [2.75, 3.05) is 16.4 Å². The molecule has 1 aromatic carbocycles. The van der Waals surface area contributed by atoms with Gasteiger partial charge in [-0.1, -0.05) is 35.0 Å². The Bertz CT molecular complexity index is 903. The van der Waals surface area contributed by atoms with E-state index in [1.54, 1.807) is 23.1 Å². The predicted octanol–water partition coefficient (Wildman–Crippen LogP) is 2.46. The summed E-state index contributed by atoms with van der Waals surface area (Å²) in [6.45, 7) is 0. The molecule has 26 heavy (non-hydrogen) atoms. The standard InChI is InChI=1S/C15H14Cl2N2O5S2/c16-9-2-1-8(5-10(9)17)19-11-6-26(23,24)7-12(11)25-15(19)18-13(20)3-4-14(21)22/h1-2,5,11-12H,3-4,6-7H2,(H,21,22)/t11-,12+/m1/s1. The third kappa shape index (κ3) is 4.16. The SMILES string of the molecule is O=C(O)CCC(=O)N=C1S[C@H]2CS(=O)(=O)C[C@H]2N1c1ccc(Cl)c(Cl)c1. The molecule has 2 atom stereocenters. The average molecular weight is 437 g/mol. The molecule has 140 valence electrons. The number of nitrogens with zero attached hydrogens (tertiary/aromatic N) is 2. The van der Waals surface area contributed by atoms with Gasteiger partial charge in [-0.05, 0) is 18.2 Å². The lowest BCUT2D eigenvalue weighted by molar-refractivity contribution is -0.138. The normalized spacial score (nSPS) is 25.5. The van der Waals surface area contributed by atoms with Crippen molar-refractivity contribution in [3.05, 3.63) is 28.2 Å². The van der Waals surface area contributed by atoms with Crippen LogP contribution in [0.2, 0.25) is 10.0 Å². The van der Waals surface area contributed by atoms with Crippen LogP contribution in [0.3, 0.4) is 0 Å². The van der Waals surface area contributed by atoms with E-state index in [1.165, 1.54) is 11.8 Å². The first kappa shape index (κ1) is 19.5. The molecule has 2 aliphatic heterocycles. The summed E-state index contributed by atoms with van der Waals surface area (Å²) in [4.78, 5) is 28.3. The van der Waals surface area contributed by atoms with Crippen molar-refractivity contribution in [1.82, 2.24) is 0 Å². The van der Waals surface area contributed by atoms with Crippen LogP contribution in [0.5, 0.6) is 0 Å². The zero-order valence-corrected chi connectivity index (χ0v) is 16.4. The van der Waals surface area contributed by atoms with E-state index < -0.39 is 21.7 Å². The van der Waals surface area contributed by atoms with E-state index in [9.17, 15) is 18.0 Å². The quantitative estimate of drug-likeness (QED) is 0.772. The second kappa shape index (κ2) is 7.38. The Hall–Kier alpha value is -1.29. The molecule has 0 spiro atoms. The second-order valence-electron chi connectivity index (χ2n) is 5.95. The van der Waals surface area contributed by atoms with Gasteiger partial charge in [0.15, 0.2) is 15.0 Å². The van der Waals surface area contributed by atoms with Gasteiger partial charge >= 0.3 is 5.97 Å². The lowest BCUT2D eigenvalue weighted by atomic mass is 10.2. The topological polar surface area (TPSA) is 104 Å². The summed E-state index contributed by atoms with van der Waals surface area (Å²) in [5.74, 6) is -1.69. The highest BCUT2D eigenvalue weighted by Gasteiger charge is 2.49. The molecule has 11 heteroatoms. The van der Waals surface area contributed by atoms with Crippen LogP contribution in [-0.2, 0) is 19.4 Å². The van der Waals surface area contributed by atoms with Gasteiger partial charge in [0.05, 0.1) is 34.0 Å². The van der Waals surface area contributed by atoms with Crippen molar-refractivity contribution in [2.24, 2.45) is 4.99 Å². The number of hydrogen-bond acceptors (Lipinski definition) is 5. The summed E-state index contributed by atoms with van der Waals surface area (Å²) in [6, 6.07) is 4.49. The molecule has 7 nitrogen and oxygen atoms in total. The number of amides is 1. The van der Waals surface area contributed by atoms with E-state index in [1.807, 2.05) is 0 Å². The van der Waals surface area contributed by atoms with Crippen LogP contribution in [-0.4, -0.2) is 53.4 Å². The first-order chi connectivity index (χ1) is 12.2. The maximum Gasteiger partial charge on any atom is 0.303 e. The second-order valence-corrected chi connectivity index (χ2v) is 10.1. The number of carbonyl (C=O) groups is 2. The van der Waals surface area contributed by atoms with Gasteiger partial charge in [-0.25, -0.2) is 8.42 Å². The van der Waals surface area contributed by atoms with Crippen LogP contribution >= 0.6 is 35.0 Å². The molecule has 0 unspecified atom stereocenters. The highest BCUT2D eigenvalue weighted by molar-refractivity contribution is 8.16. The van der Waals surface area contributed by atoms with Crippen molar-refractivity contribution in [1.29, 1.82) is 0 Å². The van der Waals surface area contributed by atoms with Crippen molar-refractivity contribution >= 4 is 67.5 Å². The van der Waals surface area contributed by atoms with Crippen molar-refractivity contribution in [2.45, 2.75) is 24.1 Å². The Morgan fingerprint density at radius 2 is 1.96 bits per heavy atom. The van der Waals surface area contributed by atoms with Gasteiger partial charge in [-0.3, -0.25) is 9.59 Å².